The van der Waals surface area contributed by atoms with E-state index in [1.807, 2.05) is 0 Å². The highest BCUT2D eigenvalue weighted by Gasteiger charge is 2.55. The van der Waals surface area contributed by atoms with Crippen molar-refractivity contribution in [2.24, 2.45) is 40.4 Å². The molecule has 0 N–H and O–H groups in total. The van der Waals surface area contributed by atoms with Crippen LogP contribution in [0, 0.1) is 40.4 Å². The Morgan fingerprint density at radius 1 is 1.10 bits per heavy atom. The molecule has 0 aliphatic heterocycles. The summed E-state index contributed by atoms with van der Waals surface area (Å²) in [5.74, 6) is 3.73. The van der Waals surface area contributed by atoms with Gasteiger partial charge in [0.25, 0.3) is 0 Å². The molecule has 0 unspecified atom stereocenters. The maximum absolute atomic E-state index is 11.5. The van der Waals surface area contributed by atoms with Gasteiger partial charge in [0.05, 0.1) is 0 Å². The van der Waals surface area contributed by atoms with Crippen molar-refractivity contribution >= 4 is 5.97 Å². The van der Waals surface area contributed by atoms with Gasteiger partial charge < -0.3 is 4.74 Å². The van der Waals surface area contributed by atoms with E-state index < -0.39 is 0 Å². The summed E-state index contributed by atoms with van der Waals surface area (Å²) in [5, 5.41) is 0. The summed E-state index contributed by atoms with van der Waals surface area (Å²) >= 11 is 0. The van der Waals surface area contributed by atoms with Gasteiger partial charge in [0.2, 0.25) is 0 Å². The monoisotopic (exact) mass is 426 g/mol. The van der Waals surface area contributed by atoms with Crippen molar-refractivity contribution in [1.29, 1.82) is 0 Å². The van der Waals surface area contributed by atoms with Gasteiger partial charge in [-0.2, -0.15) is 0 Å². The lowest BCUT2D eigenvalue weighted by Gasteiger charge is -2.56. The summed E-state index contributed by atoms with van der Waals surface area (Å²) in [4.78, 5) is 11.5. The molecule has 174 valence electrons. The second-order valence-corrected chi connectivity index (χ2v) is 12.4. The number of carbonyl (C=O) groups is 1. The van der Waals surface area contributed by atoms with E-state index in [1.165, 1.54) is 51.4 Å². The van der Waals surface area contributed by atoms with Crippen LogP contribution in [0.15, 0.2) is 23.3 Å². The fourth-order valence-corrected chi connectivity index (χ4v) is 8.16. The number of ether oxygens (including phenoxy) is 1. The van der Waals surface area contributed by atoms with Crippen LogP contribution in [0.2, 0.25) is 0 Å². The van der Waals surface area contributed by atoms with Gasteiger partial charge in [-0.15, -0.1) is 0 Å². The predicted octanol–water partition coefficient (Wildman–Crippen LogP) is 7.88. The van der Waals surface area contributed by atoms with Crippen LogP contribution in [-0.4, -0.2) is 12.1 Å². The van der Waals surface area contributed by atoms with E-state index in [0.29, 0.717) is 22.7 Å². The maximum atomic E-state index is 11.5. The second kappa shape index (κ2) is 8.71. The number of esters is 1. The van der Waals surface area contributed by atoms with E-state index in [-0.39, 0.29) is 12.1 Å². The number of hydrogen-bond donors (Lipinski definition) is 0. The van der Waals surface area contributed by atoms with Crippen LogP contribution >= 0.6 is 0 Å². The molecule has 4 aliphatic rings. The Kier molecular flexibility index (Phi) is 6.50. The van der Waals surface area contributed by atoms with Crippen molar-refractivity contribution in [3.8, 4) is 0 Å². The Labute approximate surface area is 191 Å². The van der Waals surface area contributed by atoms with Crippen LogP contribution < -0.4 is 0 Å². The zero-order chi connectivity index (χ0) is 22.4. The van der Waals surface area contributed by atoms with Crippen LogP contribution in [0.5, 0.6) is 0 Å². The Morgan fingerprint density at radius 3 is 2.58 bits per heavy atom. The molecule has 0 aromatic carbocycles. The highest BCUT2D eigenvalue weighted by molar-refractivity contribution is 5.66. The summed E-state index contributed by atoms with van der Waals surface area (Å²) in [6.45, 7) is 13.9. The van der Waals surface area contributed by atoms with Crippen LogP contribution in [0.25, 0.3) is 0 Å². The molecule has 0 heterocycles. The number of fused-ring (bicyclic) bond motifs is 5. The zero-order valence-electron chi connectivity index (χ0n) is 21.0. The maximum Gasteiger partial charge on any atom is 0.302 e. The smallest absolute Gasteiger partial charge is 0.302 e. The summed E-state index contributed by atoms with van der Waals surface area (Å²) in [5.41, 5.74) is 4.21. The van der Waals surface area contributed by atoms with Crippen LogP contribution in [0.4, 0.5) is 0 Å². The number of hydrogen-bond acceptors (Lipinski definition) is 2. The van der Waals surface area contributed by atoms with E-state index in [1.54, 1.807) is 18.1 Å². The first kappa shape index (κ1) is 23.1. The van der Waals surface area contributed by atoms with Crippen molar-refractivity contribution in [1.82, 2.24) is 0 Å². The topological polar surface area (TPSA) is 26.3 Å². The molecule has 2 nitrogen and oxygen atoms in total. The second-order valence-electron chi connectivity index (χ2n) is 12.4. The lowest BCUT2D eigenvalue weighted by molar-refractivity contribution is -0.151. The standard InChI is InChI=1S/C29H46O2/c1-19(2)8-7-9-20(3)25-12-13-26-24-11-10-22-18-23(31-21(4)30)14-16-28(22,5)27(24)15-17-29(25,26)6/h11,13,19-20,22-23,25,27H,7-10,12,14-18H2,1-6H3/t20-,22+,23+,25-,27+,28+,29-/m1/s1. The van der Waals surface area contributed by atoms with Crippen LogP contribution in [0.3, 0.4) is 0 Å². The average Bonchev–Trinajstić information content (AvgIpc) is 3.05. The summed E-state index contributed by atoms with van der Waals surface area (Å²) in [6.07, 6.45) is 18.0. The first-order valence-electron chi connectivity index (χ1n) is 13.2. The number of carbonyl (C=O) groups excluding carboxylic acids is 1. The molecule has 31 heavy (non-hydrogen) atoms. The number of allylic oxidation sites excluding steroid dienone is 4. The fraction of sp³-hybridized carbons (Fsp3) is 0.828. The molecule has 0 saturated heterocycles. The van der Waals surface area contributed by atoms with Crippen LogP contribution in [0.1, 0.15) is 106 Å². The highest BCUT2D eigenvalue weighted by atomic mass is 16.5. The zero-order valence-corrected chi connectivity index (χ0v) is 21.0. The van der Waals surface area contributed by atoms with E-state index in [0.717, 1.165) is 30.6 Å². The first-order chi connectivity index (χ1) is 14.6. The third-order valence-electron chi connectivity index (χ3n) is 10.0. The van der Waals surface area contributed by atoms with Crippen molar-refractivity contribution in [2.45, 2.75) is 112 Å². The quantitative estimate of drug-likeness (QED) is 0.404. The molecule has 0 aromatic rings. The van der Waals surface area contributed by atoms with Gasteiger partial charge in [0.15, 0.2) is 0 Å². The van der Waals surface area contributed by atoms with Crippen molar-refractivity contribution in [2.75, 3.05) is 0 Å². The lowest BCUT2D eigenvalue weighted by atomic mass is 9.48. The van der Waals surface area contributed by atoms with Gasteiger partial charge in [-0.3, -0.25) is 4.79 Å². The molecule has 2 fully saturated rings. The lowest BCUT2D eigenvalue weighted by Crippen LogP contribution is -2.48. The van der Waals surface area contributed by atoms with E-state index >= 15 is 0 Å². The Bertz CT molecular complexity index is 746. The molecule has 2 saturated carbocycles. The van der Waals surface area contributed by atoms with Crippen LogP contribution in [-0.2, 0) is 9.53 Å². The van der Waals surface area contributed by atoms with Gasteiger partial charge in [-0.05, 0) is 96.5 Å². The predicted molar refractivity (Wildman–Crippen MR) is 129 cm³/mol. The normalized spacial score (nSPS) is 40.4. The molecule has 7 atom stereocenters. The summed E-state index contributed by atoms with van der Waals surface area (Å²) in [7, 11) is 0. The minimum Gasteiger partial charge on any atom is -0.463 e. The minimum atomic E-state index is -0.112. The molecular weight excluding hydrogens is 380 g/mol. The molecule has 4 aliphatic carbocycles. The van der Waals surface area contributed by atoms with Crippen molar-refractivity contribution in [3.05, 3.63) is 23.3 Å². The van der Waals surface area contributed by atoms with E-state index in [9.17, 15) is 4.79 Å². The summed E-state index contributed by atoms with van der Waals surface area (Å²) in [6, 6.07) is 0. The van der Waals surface area contributed by atoms with Crippen molar-refractivity contribution < 1.29 is 9.53 Å². The first-order valence-corrected chi connectivity index (χ1v) is 13.2. The molecular formula is C29H46O2. The molecule has 0 spiro atoms. The summed E-state index contributed by atoms with van der Waals surface area (Å²) < 4.78 is 5.62. The minimum absolute atomic E-state index is 0.112. The molecule has 0 amide bonds. The van der Waals surface area contributed by atoms with E-state index in [2.05, 4.69) is 46.8 Å². The van der Waals surface area contributed by atoms with Gasteiger partial charge in [0, 0.05) is 6.92 Å². The van der Waals surface area contributed by atoms with Gasteiger partial charge in [-0.1, -0.05) is 66.0 Å². The van der Waals surface area contributed by atoms with Gasteiger partial charge >= 0.3 is 5.97 Å². The molecule has 0 radical (unpaired) electrons. The SMILES string of the molecule is CC(=O)O[C@H]1CC[C@@]2(C)[C@@H](CC=C3C4=CC[C@H]([C@H](C)CCCC(C)C)[C@@]4(C)CC[C@@H]32)C1. The third kappa shape index (κ3) is 4.18. The average molecular weight is 427 g/mol. The Hall–Kier alpha value is -1.05. The molecule has 2 heteroatoms. The fourth-order valence-electron chi connectivity index (χ4n) is 8.16. The number of rotatable bonds is 6. The molecule has 4 rings (SSSR count). The Balaban J connectivity index is 1.48. The molecule has 0 aromatic heterocycles. The van der Waals surface area contributed by atoms with Gasteiger partial charge in [-0.25, -0.2) is 0 Å². The largest absolute Gasteiger partial charge is 0.463 e. The molecule has 0 bridgehead atoms. The van der Waals surface area contributed by atoms with E-state index in [4.69, 9.17) is 4.74 Å². The van der Waals surface area contributed by atoms with Crippen molar-refractivity contribution in [3.63, 3.8) is 0 Å². The Morgan fingerprint density at radius 2 is 1.87 bits per heavy atom. The highest BCUT2D eigenvalue weighted by Crippen LogP contribution is 2.65. The van der Waals surface area contributed by atoms with Gasteiger partial charge in [0.1, 0.15) is 6.10 Å². The third-order valence-corrected chi connectivity index (χ3v) is 10.0.